The maximum absolute atomic E-state index is 11.2. The molecule has 0 saturated carbocycles. The molecule has 1 unspecified atom stereocenters. The van der Waals surface area contributed by atoms with Crippen LogP contribution in [0.25, 0.3) is 0 Å². The number of aromatic hydroxyl groups is 1. The van der Waals surface area contributed by atoms with Crippen LogP contribution < -0.4 is 10.5 Å². The summed E-state index contributed by atoms with van der Waals surface area (Å²) in [4.78, 5) is 13.2. The van der Waals surface area contributed by atoms with E-state index in [2.05, 4.69) is 13.8 Å². The Hall–Kier alpha value is -1.75. The SMILES string of the molecule is COc1cc(C(C)N(CC(N)=O)CC(C)C)ccc1O. The first-order chi connectivity index (χ1) is 9.35. The van der Waals surface area contributed by atoms with E-state index in [-0.39, 0.29) is 24.2 Å². The lowest BCUT2D eigenvalue weighted by atomic mass is 10.0. The Balaban J connectivity index is 2.98. The van der Waals surface area contributed by atoms with Gasteiger partial charge in [-0.05, 0) is 30.5 Å². The van der Waals surface area contributed by atoms with Gasteiger partial charge in [0.25, 0.3) is 0 Å². The number of carbonyl (C=O) groups is 1. The van der Waals surface area contributed by atoms with Crippen LogP contribution in [0.3, 0.4) is 0 Å². The summed E-state index contributed by atoms with van der Waals surface area (Å²) in [6.07, 6.45) is 0. The fourth-order valence-electron chi connectivity index (χ4n) is 2.19. The standard InChI is InChI=1S/C15H24N2O3/c1-10(2)8-17(9-15(16)19)11(3)12-5-6-13(18)14(7-12)20-4/h5-7,10-11,18H,8-9H2,1-4H3,(H2,16,19). The molecule has 0 aliphatic carbocycles. The van der Waals surface area contributed by atoms with Crippen LogP contribution in [0.5, 0.6) is 11.5 Å². The van der Waals surface area contributed by atoms with Gasteiger partial charge in [0.2, 0.25) is 5.91 Å². The number of carbonyl (C=O) groups excluding carboxylic acids is 1. The number of phenolic OH excluding ortho intramolecular Hbond substituents is 1. The van der Waals surface area contributed by atoms with Crippen LogP contribution >= 0.6 is 0 Å². The van der Waals surface area contributed by atoms with Crippen molar-refractivity contribution in [1.29, 1.82) is 0 Å². The number of nitrogens with zero attached hydrogens (tertiary/aromatic N) is 1. The van der Waals surface area contributed by atoms with Gasteiger partial charge in [0.05, 0.1) is 13.7 Å². The minimum Gasteiger partial charge on any atom is -0.504 e. The lowest BCUT2D eigenvalue weighted by molar-refractivity contribution is -0.119. The summed E-state index contributed by atoms with van der Waals surface area (Å²) >= 11 is 0. The number of phenols is 1. The van der Waals surface area contributed by atoms with Gasteiger partial charge in [0.1, 0.15) is 0 Å². The first-order valence-electron chi connectivity index (χ1n) is 6.74. The number of hydrogen-bond acceptors (Lipinski definition) is 4. The second-order valence-corrected chi connectivity index (χ2v) is 5.40. The second kappa shape index (κ2) is 7.14. The molecule has 0 aromatic heterocycles. The molecule has 0 aliphatic rings. The fraction of sp³-hybridized carbons (Fsp3) is 0.533. The lowest BCUT2D eigenvalue weighted by Crippen LogP contribution is -2.38. The number of rotatable bonds is 7. The molecule has 1 aromatic carbocycles. The van der Waals surface area contributed by atoms with Gasteiger partial charge in [-0.1, -0.05) is 19.9 Å². The van der Waals surface area contributed by atoms with Crippen LogP contribution in [0.2, 0.25) is 0 Å². The summed E-state index contributed by atoms with van der Waals surface area (Å²) in [6.45, 7) is 7.18. The molecule has 1 rings (SSSR count). The van der Waals surface area contributed by atoms with E-state index < -0.39 is 0 Å². The zero-order valence-corrected chi connectivity index (χ0v) is 12.6. The van der Waals surface area contributed by atoms with Crippen LogP contribution in [-0.4, -0.2) is 36.1 Å². The van der Waals surface area contributed by atoms with Gasteiger partial charge >= 0.3 is 0 Å². The summed E-state index contributed by atoms with van der Waals surface area (Å²) in [5.74, 6) is 0.616. The number of hydrogen-bond donors (Lipinski definition) is 2. The Kier molecular flexibility index (Phi) is 5.82. The van der Waals surface area contributed by atoms with E-state index in [0.29, 0.717) is 11.7 Å². The second-order valence-electron chi connectivity index (χ2n) is 5.40. The molecule has 1 aromatic rings. The lowest BCUT2D eigenvalue weighted by Gasteiger charge is -2.30. The van der Waals surface area contributed by atoms with Crippen LogP contribution in [0.15, 0.2) is 18.2 Å². The Bertz CT molecular complexity index is 460. The first-order valence-corrected chi connectivity index (χ1v) is 6.74. The molecule has 5 heteroatoms. The average Bonchev–Trinajstić information content (AvgIpc) is 2.36. The zero-order valence-electron chi connectivity index (χ0n) is 12.6. The molecule has 0 bridgehead atoms. The Morgan fingerprint density at radius 2 is 2.05 bits per heavy atom. The number of benzene rings is 1. The molecule has 0 spiro atoms. The van der Waals surface area contributed by atoms with Gasteiger partial charge in [0, 0.05) is 12.6 Å². The van der Waals surface area contributed by atoms with E-state index in [1.807, 2.05) is 17.9 Å². The maximum atomic E-state index is 11.2. The third-order valence-electron chi connectivity index (χ3n) is 3.19. The van der Waals surface area contributed by atoms with Crippen LogP contribution in [0.4, 0.5) is 0 Å². The van der Waals surface area contributed by atoms with Gasteiger partial charge in [-0.2, -0.15) is 0 Å². The number of nitrogens with two attached hydrogens (primary N) is 1. The van der Waals surface area contributed by atoms with Crippen molar-refractivity contribution in [3.05, 3.63) is 23.8 Å². The largest absolute Gasteiger partial charge is 0.504 e. The minimum absolute atomic E-state index is 0.0133. The van der Waals surface area contributed by atoms with Crippen molar-refractivity contribution in [3.63, 3.8) is 0 Å². The van der Waals surface area contributed by atoms with E-state index >= 15 is 0 Å². The normalized spacial score (nSPS) is 12.7. The van der Waals surface area contributed by atoms with E-state index in [1.54, 1.807) is 12.1 Å². The van der Waals surface area contributed by atoms with Crippen molar-refractivity contribution in [3.8, 4) is 11.5 Å². The molecule has 0 radical (unpaired) electrons. The van der Waals surface area contributed by atoms with Crippen LogP contribution in [-0.2, 0) is 4.79 Å². The van der Waals surface area contributed by atoms with Crippen molar-refractivity contribution in [2.45, 2.75) is 26.8 Å². The number of ether oxygens (including phenoxy) is 1. The zero-order chi connectivity index (χ0) is 15.3. The highest BCUT2D eigenvalue weighted by atomic mass is 16.5. The average molecular weight is 280 g/mol. The van der Waals surface area contributed by atoms with E-state index in [1.165, 1.54) is 7.11 Å². The molecule has 112 valence electrons. The van der Waals surface area contributed by atoms with E-state index in [4.69, 9.17) is 10.5 Å². The van der Waals surface area contributed by atoms with Gasteiger partial charge in [-0.3, -0.25) is 9.69 Å². The molecular weight excluding hydrogens is 256 g/mol. The Morgan fingerprint density at radius 1 is 1.40 bits per heavy atom. The summed E-state index contributed by atoms with van der Waals surface area (Å²) in [6, 6.07) is 5.23. The van der Waals surface area contributed by atoms with Crippen molar-refractivity contribution in [1.82, 2.24) is 4.90 Å². The van der Waals surface area contributed by atoms with Crippen molar-refractivity contribution in [2.75, 3.05) is 20.2 Å². The van der Waals surface area contributed by atoms with Gasteiger partial charge in [-0.15, -0.1) is 0 Å². The summed E-state index contributed by atoms with van der Waals surface area (Å²) in [5.41, 5.74) is 6.29. The third-order valence-corrected chi connectivity index (χ3v) is 3.19. The molecule has 0 heterocycles. The molecular formula is C15H24N2O3. The smallest absolute Gasteiger partial charge is 0.231 e. The Labute approximate surface area is 120 Å². The molecule has 0 aliphatic heterocycles. The minimum atomic E-state index is -0.344. The van der Waals surface area contributed by atoms with Gasteiger partial charge in [-0.25, -0.2) is 0 Å². The monoisotopic (exact) mass is 280 g/mol. The predicted octanol–water partition coefficient (Wildman–Crippen LogP) is 1.91. The quantitative estimate of drug-likeness (QED) is 0.800. The first kappa shape index (κ1) is 16.3. The molecule has 5 nitrogen and oxygen atoms in total. The topological polar surface area (TPSA) is 75.8 Å². The van der Waals surface area contributed by atoms with E-state index in [9.17, 15) is 9.90 Å². The van der Waals surface area contributed by atoms with Crippen LogP contribution in [0, 0.1) is 5.92 Å². The highest BCUT2D eigenvalue weighted by molar-refractivity contribution is 5.76. The number of methoxy groups -OCH3 is 1. The Morgan fingerprint density at radius 3 is 2.55 bits per heavy atom. The van der Waals surface area contributed by atoms with Crippen molar-refractivity contribution in [2.24, 2.45) is 11.7 Å². The predicted molar refractivity (Wildman–Crippen MR) is 78.7 cm³/mol. The summed E-state index contributed by atoms with van der Waals surface area (Å²) in [7, 11) is 1.51. The van der Waals surface area contributed by atoms with Crippen LogP contribution in [0.1, 0.15) is 32.4 Å². The van der Waals surface area contributed by atoms with E-state index in [0.717, 1.165) is 12.1 Å². The van der Waals surface area contributed by atoms with Crippen molar-refractivity contribution < 1.29 is 14.6 Å². The molecule has 0 fully saturated rings. The summed E-state index contributed by atoms with van der Waals surface area (Å²) < 4.78 is 5.12. The number of primary amides is 1. The summed E-state index contributed by atoms with van der Waals surface area (Å²) in [5, 5.41) is 9.63. The fourth-order valence-corrected chi connectivity index (χ4v) is 2.19. The highest BCUT2D eigenvalue weighted by Crippen LogP contribution is 2.31. The number of amides is 1. The maximum Gasteiger partial charge on any atom is 0.231 e. The molecule has 0 saturated heterocycles. The van der Waals surface area contributed by atoms with Gasteiger partial charge < -0.3 is 15.6 Å². The molecule has 3 N–H and O–H groups in total. The van der Waals surface area contributed by atoms with Crippen molar-refractivity contribution >= 4 is 5.91 Å². The molecule has 1 atom stereocenters. The highest BCUT2D eigenvalue weighted by Gasteiger charge is 2.19. The van der Waals surface area contributed by atoms with Gasteiger partial charge in [0.15, 0.2) is 11.5 Å². The third kappa shape index (κ3) is 4.42. The molecule has 1 amide bonds. The molecule has 20 heavy (non-hydrogen) atoms.